The number of nitrogens with zero attached hydrogens (tertiary/aromatic N) is 2. The minimum Gasteiger partial charge on any atom is -0.495 e. The number of sulfonamides is 1. The molecule has 0 saturated heterocycles. The minimum atomic E-state index is -4.23. The first kappa shape index (κ1) is 32.2. The van der Waals surface area contributed by atoms with Crippen molar-refractivity contribution in [1.29, 1.82) is 0 Å². The van der Waals surface area contributed by atoms with Crippen molar-refractivity contribution < 1.29 is 22.7 Å². The number of nitrogens with one attached hydrogen (secondary N) is 1. The van der Waals surface area contributed by atoms with Crippen molar-refractivity contribution in [2.75, 3.05) is 24.5 Å². The zero-order valence-electron chi connectivity index (χ0n) is 23.8. The summed E-state index contributed by atoms with van der Waals surface area (Å²) in [6.07, 6.45) is 0.713. The van der Waals surface area contributed by atoms with E-state index in [0.717, 1.165) is 15.4 Å². The molecule has 0 spiro atoms. The number of benzene rings is 3. The van der Waals surface area contributed by atoms with Gasteiger partial charge in [-0.25, -0.2) is 8.42 Å². The lowest BCUT2D eigenvalue weighted by molar-refractivity contribution is -0.139. The van der Waals surface area contributed by atoms with Gasteiger partial charge in [0.15, 0.2) is 0 Å². The molecule has 0 radical (unpaired) electrons. The van der Waals surface area contributed by atoms with Gasteiger partial charge in [0.05, 0.1) is 17.7 Å². The number of amides is 2. The Labute approximate surface area is 252 Å². The fourth-order valence-corrected chi connectivity index (χ4v) is 6.04. The van der Waals surface area contributed by atoms with Crippen molar-refractivity contribution in [3.05, 3.63) is 87.4 Å². The van der Waals surface area contributed by atoms with E-state index in [1.165, 1.54) is 24.1 Å². The number of carbonyl (C=O) groups is 2. The van der Waals surface area contributed by atoms with Crippen molar-refractivity contribution >= 4 is 50.7 Å². The van der Waals surface area contributed by atoms with E-state index >= 15 is 0 Å². The number of rotatable bonds is 12. The minimum absolute atomic E-state index is 0.0143. The maximum Gasteiger partial charge on any atom is 0.264 e. The Morgan fingerprint density at radius 2 is 1.63 bits per heavy atom. The van der Waals surface area contributed by atoms with Crippen LogP contribution in [0.3, 0.4) is 0 Å². The number of halogens is 2. The molecule has 220 valence electrons. The third-order valence-corrected chi connectivity index (χ3v) is 8.92. The number of hydrogen-bond donors (Lipinski definition) is 1. The van der Waals surface area contributed by atoms with Gasteiger partial charge < -0.3 is 15.0 Å². The molecule has 1 atom stereocenters. The van der Waals surface area contributed by atoms with Gasteiger partial charge in [-0.3, -0.25) is 13.9 Å². The molecule has 0 aliphatic rings. The molecular weight excluding hydrogens is 585 g/mol. The van der Waals surface area contributed by atoms with Crippen LogP contribution in [-0.4, -0.2) is 51.4 Å². The Kier molecular flexibility index (Phi) is 11.1. The standard InChI is InChI=1S/C30H35Cl2N3O5S/c1-6-15-33-30(37)22(4)34(18-23-10-11-24(31)17-26(23)32)29(36)19-35(27-16-21(3)9-14-28(27)40-5)41(38,39)25-12-7-20(2)8-13-25/h7-14,16-17,22H,6,15,18-19H2,1-5H3,(H,33,37)/t22-/m1/s1. The molecule has 0 bridgehead atoms. The van der Waals surface area contributed by atoms with Crippen LogP contribution in [0.25, 0.3) is 0 Å². The highest BCUT2D eigenvalue weighted by molar-refractivity contribution is 7.92. The molecule has 41 heavy (non-hydrogen) atoms. The monoisotopic (exact) mass is 619 g/mol. The summed E-state index contributed by atoms with van der Waals surface area (Å²) in [5.74, 6) is -0.694. The maximum absolute atomic E-state index is 14.1. The Bertz CT molecular complexity index is 1500. The highest BCUT2D eigenvalue weighted by Crippen LogP contribution is 2.34. The second-order valence-electron chi connectivity index (χ2n) is 9.72. The van der Waals surface area contributed by atoms with Gasteiger partial charge in [0.1, 0.15) is 18.3 Å². The van der Waals surface area contributed by atoms with Gasteiger partial charge in [-0.15, -0.1) is 0 Å². The predicted octanol–water partition coefficient (Wildman–Crippen LogP) is 5.76. The highest BCUT2D eigenvalue weighted by atomic mass is 35.5. The fraction of sp³-hybridized carbons (Fsp3) is 0.333. The van der Waals surface area contributed by atoms with Gasteiger partial charge in [-0.1, -0.05) is 60.0 Å². The normalized spacial score (nSPS) is 12.0. The van der Waals surface area contributed by atoms with Crippen LogP contribution < -0.4 is 14.4 Å². The number of anilines is 1. The SMILES string of the molecule is CCCNC(=O)[C@@H](C)N(Cc1ccc(Cl)cc1Cl)C(=O)CN(c1cc(C)ccc1OC)S(=O)(=O)c1ccc(C)cc1. The summed E-state index contributed by atoms with van der Waals surface area (Å²) in [7, 11) is -2.80. The van der Waals surface area contributed by atoms with Crippen molar-refractivity contribution in [3.63, 3.8) is 0 Å². The molecular formula is C30H35Cl2N3O5S. The quantitative estimate of drug-likeness (QED) is 0.278. The first-order valence-electron chi connectivity index (χ1n) is 13.1. The van der Waals surface area contributed by atoms with Crippen LogP contribution in [0.5, 0.6) is 5.75 Å². The Morgan fingerprint density at radius 3 is 2.24 bits per heavy atom. The van der Waals surface area contributed by atoms with E-state index in [1.54, 1.807) is 55.5 Å². The molecule has 11 heteroatoms. The average Bonchev–Trinajstić information content (AvgIpc) is 2.93. The molecule has 0 unspecified atom stereocenters. The molecule has 0 heterocycles. The summed E-state index contributed by atoms with van der Waals surface area (Å²) in [5.41, 5.74) is 2.42. The van der Waals surface area contributed by atoms with Gasteiger partial charge in [-0.2, -0.15) is 0 Å². The van der Waals surface area contributed by atoms with Gasteiger partial charge in [-0.05, 0) is 74.7 Å². The molecule has 0 aromatic heterocycles. The molecule has 3 rings (SSSR count). The Hall–Kier alpha value is -3.27. The molecule has 0 aliphatic heterocycles. The summed E-state index contributed by atoms with van der Waals surface area (Å²) in [6, 6.07) is 15.4. The Balaban J connectivity index is 2.11. The van der Waals surface area contributed by atoms with E-state index in [1.807, 2.05) is 20.8 Å². The van der Waals surface area contributed by atoms with E-state index in [9.17, 15) is 18.0 Å². The van der Waals surface area contributed by atoms with Crippen molar-refractivity contribution in [2.45, 2.75) is 51.6 Å². The molecule has 1 N–H and O–H groups in total. The summed E-state index contributed by atoms with van der Waals surface area (Å²) < 4.78 is 34.7. The zero-order chi connectivity index (χ0) is 30.3. The molecule has 2 amide bonds. The number of ether oxygens (including phenoxy) is 1. The zero-order valence-corrected chi connectivity index (χ0v) is 26.1. The van der Waals surface area contributed by atoms with Gasteiger partial charge in [0.2, 0.25) is 11.8 Å². The van der Waals surface area contributed by atoms with Crippen molar-refractivity contribution in [1.82, 2.24) is 10.2 Å². The lowest BCUT2D eigenvalue weighted by atomic mass is 10.1. The lowest BCUT2D eigenvalue weighted by Crippen LogP contribution is -2.51. The largest absolute Gasteiger partial charge is 0.495 e. The molecule has 3 aromatic carbocycles. The topological polar surface area (TPSA) is 96.0 Å². The van der Waals surface area contributed by atoms with Crippen LogP contribution in [0.4, 0.5) is 5.69 Å². The summed E-state index contributed by atoms with van der Waals surface area (Å²) in [5, 5.41) is 3.55. The van der Waals surface area contributed by atoms with E-state index < -0.39 is 28.5 Å². The van der Waals surface area contributed by atoms with Crippen molar-refractivity contribution in [3.8, 4) is 5.75 Å². The van der Waals surface area contributed by atoms with E-state index in [2.05, 4.69) is 5.32 Å². The molecule has 0 saturated carbocycles. The Morgan fingerprint density at radius 1 is 0.976 bits per heavy atom. The fourth-order valence-electron chi connectivity index (χ4n) is 4.16. The van der Waals surface area contributed by atoms with Crippen LogP contribution in [0, 0.1) is 13.8 Å². The predicted molar refractivity (Wildman–Crippen MR) is 163 cm³/mol. The first-order chi connectivity index (χ1) is 19.4. The summed E-state index contributed by atoms with van der Waals surface area (Å²) in [4.78, 5) is 28.4. The molecule has 0 aliphatic carbocycles. The number of aryl methyl sites for hydroxylation is 2. The van der Waals surface area contributed by atoms with Crippen LogP contribution >= 0.6 is 23.2 Å². The first-order valence-corrected chi connectivity index (χ1v) is 15.3. The molecule has 3 aromatic rings. The summed E-state index contributed by atoms with van der Waals surface area (Å²) in [6.45, 7) is 6.98. The molecule has 8 nitrogen and oxygen atoms in total. The maximum atomic E-state index is 14.1. The summed E-state index contributed by atoms with van der Waals surface area (Å²) >= 11 is 12.5. The van der Waals surface area contributed by atoms with E-state index in [0.29, 0.717) is 28.6 Å². The second kappa shape index (κ2) is 14.1. The smallest absolute Gasteiger partial charge is 0.264 e. The van der Waals surface area contributed by atoms with Crippen LogP contribution in [-0.2, 0) is 26.2 Å². The van der Waals surface area contributed by atoms with Gasteiger partial charge in [0.25, 0.3) is 10.0 Å². The molecule has 0 fully saturated rings. The second-order valence-corrected chi connectivity index (χ2v) is 12.4. The highest BCUT2D eigenvalue weighted by Gasteiger charge is 2.34. The van der Waals surface area contributed by atoms with Gasteiger partial charge >= 0.3 is 0 Å². The van der Waals surface area contributed by atoms with Gasteiger partial charge in [0, 0.05) is 23.1 Å². The van der Waals surface area contributed by atoms with E-state index in [-0.39, 0.29) is 28.8 Å². The lowest BCUT2D eigenvalue weighted by Gasteiger charge is -2.32. The average molecular weight is 621 g/mol. The third-order valence-electron chi connectivity index (χ3n) is 6.56. The third kappa shape index (κ3) is 7.93. The number of methoxy groups -OCH3 is 1. The van der Waals surface area contributed by atoms with Crippen LogP contribution in [0.1, 0.15) is 37.0 Å². The van der Waals surface area contributed by atoms with Crippen LogP contribution in [0.2, 0.25) is 10.0 Å². The van der Waals surface area contributed by atoms with E-state index in [4.69, 9.17) is 27.9 Å². The number of hydrogen-bond acceptors (Lipinski definition) is 5. The number of carbonyl (C=O) groups excluding carboxylic acids is 2. The van der Waals surface area contributed by atoms with Crippen molar-refractivity contribution in [2.24, 2.45) is 0 Å². The van der Waals surface area contributed by atoms with Crippen LogP contribution in [0.15, 0.2) is 65.6 Å².